The number of phenols is 1. The Labute approximate surface area is 101 Å². The number of hydrogen-bond acceptors (Lipinski definition) is 2. The van der Waals surface area contributed by atoms with Crippen molar-refractivity contribution in [3.63, 3.8) is 0 Å². The van der Waals surface area contributed by atoms with E-state index in [4.69, 9.17) is 0 Å². The molecule has 0 aliphatic carbocycles. The molecule has 1 aromatic heterocycles. The third kappa shape index (κ3) is 2.88. The van der Waals surface area contributed by atoms with E-state index in [1.54, 1.807) is 12.1 Å². The number of hydrogen-bond donors (Lipinski definition) is 2. The zero-order valence-corrected chi connectivity index (χ0v) is 9.87. The first-order chi connectivity index (χ1) is 8.19. The lowest BCUT2D eigenvalue weighted by Gasteiger charge is -2.05. The number of aliphatic hydroxyl groups is 1. The first kappa shape index (κ1) is 11.7. The van der Waals surface area contributed by atoms with Crippen molar-refractivity contribution in [1.82, 2.24) is 4.57 Å². The van der Waals surface area contributed by atoms with Gasteiger partial charge in [0, 0.05) is 18.9 Å². The van der Waals surface area contributed by atoms with Crippen LogP contribution in [-0.4, -0.2) is 14.8 Å². The summed E-state index contributed by atoms with van der Waals surface area (Å²) in [5, 5.41) is 19.1. The molecule has 1 unspecified atom stereocenters. The Morgan fingerprint density at radius 1 is 1.29 bits per heavy atom. The van der Waals surface area contributed by atoms with Gasteiger partial charge in [-0.3, -0.25) is 0 Å². The van der Waals surface area contributed by atoms with Gasteiger partial charge < -0.3 is 14.8 Å². The van der Waals surface area contributed by atoms with Gasteiger partial charge in [0.15, 0.2) is 0 Å². The summed E-state index contributed by atoms with van der Waals surface area (Å²) >= 11 is 0. The lowest BCUT2D eigenvalue weighted by Crippen LogP contribution is -1.97. The van der Waals surface area contributed by atoms with E-state index in [0.717, 1.165) is 17.5 Å². The average Bonchev–Trinajstić information content (AvgIpc) is 2.76. The highest BCUT2D eigenvalue weighted by Gasteiger charge is 2.06. The van der Waals surface area contributed by atoms with Crippen molar-refractivity contribution in [2.45, 2.75) is 26.0 Å². The van der Waals surface area contributed by atoms with Gasteiger partial charge in [-0.05, 0) is 35.7 Å². The summed E-state index contributed by atoms with van der Waals surface area (Å²) in [7, 11) is 0. The molecule has 17 heavy (non-hydrogen) atoms. The van der Waals surface area contributed by atoms with Gasteiger partial charge in [-0.1, -0.05) is 19.1 Å². The molecule has 3 heteroatoms. The van der Waals surface area contributed by atoms with Crippen LogP contribution in [0.3, 0.4) is 0 Å². The molecule has 2 aromatic rings. The quantitative estimate of drug-likeness (QED) is 0.849. The Bertz CT molecular complexity index is 490. The van der Waals surface area contributed by atoms with Crippen molar-refractivity contribution in [2.24, 2.45) is 0 Å². The van der Waals surface area contributed by atoms with Crippen LogP contribution in [0.5, 0.6) is 5.75 Å². The zero-order valence-electron chi connectivity index (χ0n) is 9.87. The van der Waals surface area contributed by atoms with Gasteiger partial charge in [0.2, 0.25) is 0 Å². The van der Waals surface area contributed by atoms with Crippen molar-refractivity contribution in [3.05, 3.63) is 53.9 Å². The van der Waals surface area contributed by atoms with Gasteiger partial charge in [0.1, 0.15) is 5.75 Å². The summed E-state index contributed by atoms with van der Waals surface area (Å²) < 4.78 is 2.00. The van der Waals surface area contributed by atoms with Crippen molar-refractivity contribution in [3.8, 4) is 5.75 Å². The molecule has 0 saturated heterocycles. The van der Waals surface area contributed by atoms with E-state index >= 15 is 0 Å². The van der Waals surface area contributed by atoms with E-state index in [2.05, 4.69) is 0 Å². The molecule has 0 fully saturated rings. The van der Waals surface area contributed by atoms with Crippen molar-refractivity contribution in [1.29, 1.82) is 0 Å². The van der Waals surface area contributed by atoms with E-state index in [1.807, 2.05) is 42.1 Å². The van der Waals surface area contributed by atoms with Gasteiger partial charge in [-0.2, -0.15) is 0 Å². The van der Waals surface area contributed by atoms with Gasteiger partial charge in [-0.25, -0.2) is 0 Å². The number of benzene rings is 1. The van der Waals surface area contributed by atoms with E-state index in [9.17, 15) is 10.2 Å². The number of aliphatic hydroxyl groups excluding tert-OH is 1. The second-order valence-electron chi connectivity index (χ2n) is 4.21. The molecule has 0 spiro atoms. The fraction of sp³-hybridized carbons (Fsp3) is 0.286. The molecule has 0 aliphatic rings. The molecule has 1 heterocycles. The van der Waals surface area contributed by atoms with E-state index < -0.39 is 0 Å². The molecule has 0 aliphatic heterocycles. The SMILES string of the molecule is CCC(O)c1ccn(Cc2cccc(O)c2)c1. The van der Waals surface area contributed by atoms with Crippen LogP contribution in [0.25, 0.3) is 0 Å². The minimum atomic E-state index is -0.388. The third-order valence-corrected chi connectivity index (χ3v) is 2.82. The van der Waals surface area contributed by atoms with E-state index in [1.165, 1.54) is 0 Å². The Kier molecular flexibility index (Phi) is 3.49. The Balaban J connectivity index is 2.11. The lowest BCUT2D eigenvalue weighted by atomic mass is 10.1. The van der Waals surface area contributed by atoms with Crippen LogP contribution in [0.4, 0.5) is 0 Å². The van der Waals surface area contributed by atoms with E-state index in [0.29, 0.717) is 6.54 Å². The highest BCUT2D eigenvalue weighted by molar-refractivity contribution is 5.27. The molecular weight excluding hydrogens is 214 g/mol. The molecule has 2 rings (SSSR count). The highest BCUT2D eigenvalue weighted by atomic mass is 16.3. The summed E-state index contributed by atoms with van der Waals surface area (Å²) in [5.74, 6) is 0.281. The standard InChI is InChI=1S/C14H17NO2/c1-2-14(17)12-6-7-15(10-12)9-11-4-3-5-13(16)8-11/h3-8,10,14,16-17H,2,9H2,1H3. The van der Waals surface area contributed by atoms with Crippen LogP contribution in [-0.2, 0) is 6.54 Å². The summed E-state index contributed by atoms with van der Waals surface area (Å²) in [5.41, 5.74) is 1.98. The molecule has 1 aromatic carbocycles. The third-order valence-electron chi connectivity index (χ3n) is 2.82. The maximum Gasteiger partial charge on any atom is 0.115 e. The van der Waals surface area contributed by atoms with Gasteiger partial charge in [0.05, 0.1) is 6.10 Å². The topological polar surface area (TPSA) is 45.4 Å². The fourth-order valence-corrected chi connectivity index (χ4v) is 1.86. The second kappa shape index (κ2) is 5.06. The van der Waals surface area contributed by atoms with Crippen LogP contribution in [0.15, 0.2) is 42.7 Å². The largest absolute Gasteiger partial charge is 0.508 e. The first-order valence-electron chi connectivity index (χ1n) is 5.80. The van der Waals surface area contributed by atoms with Crippen molar-refractivity contribution < 1.29 is 10.2 Å². The van der Waals surface area contributed by atoms with Gasteiger partial charge in [-0.15, -0.1) is 0 Å². The maximum absolute atomic E-state index is 9.70. The summed E-state index contributed by atoms with van der Waals surface area (Å²) in [6.07, 6.45) is 4.22. The molecule has 90 valence electrons. The number of rotatable bonds is 4. The van der Waals surface area contributed by atoms with Crippen LogP contribution in [0.2, 0.25) is 0 Å². The molecule has 1 atom stereocenters. The number of aromatic hydroxyl groups is 1. The van der Waals surface area contributed by atoms with Crippen LogP contribution < -0.4 is 0 Å². The number of phenolic OH excluding ortho intramolecular Hbond substituents is 1. The fourth-order valence-electron chi connectivity index (χ4n) is 1.86. The average molecular weight is 231 g/mol. The zero-order chi connectivity index (χ0) is 12.3. The van der Waals surface area contributed by atoms with Crippen LogP contribution in [0.1, 0.15) is 30.6 Å². The van der Waals surface area contributed by atoms with Crippen molar-refractivity contribution in [2.75, 3.05) is 0 Å². The minimum absolute atomic E-state index is 0.281. The molecular formula is C14H17NO2. The summed E-state index contributed by atoms with van der Waals surface area (Å²) in [6, 6.07) is 9.13. The molecule has 0 saturated carbocycles. The van der Waals surface area contributed by atoms with Crippen LogP contribution in [0, 0.1) is 0 Å². The minimum Gasteiger partial charge on any atom is -0.508 e. The maximum atomic E-state index is 9.70. The Morgan fingerprint density at radius 2 is 2.12 bits per heavy atom. The monoisotopic (exact) mass is 231 g/mol. The molecule has 0 amide bonds. The van der Waals surface area contributed by atoms with E-state index in [-0.39, 0.29) is 11.9 Å². The molecule has 0 bridgehead atoms. The van der Waals surface area contributed by atoms with Gasteiger partial charge >= 0.3 is 0 Å². The molecule has 0 radical (unpaired) electrons. The molecule has 3 nitrogen and oxygen atoms in total. The van der Waals surface area contributed by atoms with Crippen molar-refractivity contribution >= 4 is 0 Å². The molecule has 2 N–H and O–H groups in total. The predicted molar refractivity (Wildman–Crippen MR) is 66.9 cm³/mol. The van der Waals surface area contributed by atoms with Crippen LogP contribution >= 0.6 is 0 Å². The Morgan fingerprint density at radius 3 is 2.82 bits per heavy atom. The predicted octanol–water partition coefficient (Wildman–Crippen LogP) is 2.69. The highest BCUT2D eigenvalue weighted by Crippen LogP contribution is 2.18. The smallest absolute Gasteiger partial charge is 0.115 e. The lowest BCUT2D eigenvalue weighted by molar-refractivity contribution is 0.173. The second-order valence-corrected chi connectivity index (χ2v) is 4.21. The normalized spacial score (nSPS) is 12.6. The summed E-state index contributed by atoms with van der Waals surface area (Å²) in [6.45, 7) is 2.65. The van der Waals surface area contributed by atoms with Gasteiger partial charge in [0.25, 0.3) is 0 Å². The Hall–Kier alpha value is -1.74. The number of nitrogens with zero attached hydrogens (tertiary/aromatic N) is 1. The first-order valence-corrected chi connectivity index (χ1v) is 5.80. The summed E-state index contributed by atoms with van der Waals surface area (Å²) in [4.78, 5) is 0. The number of aromatic nitrogens is 1.